The van der Waals surface area contributed by atoms with Crippen LogP contribution in [0.25, 0.3) is 0 Å². The van der Waals surface area contributed by atoms with Crippen LogP contribution in [-0.2, 0) is 13.6 Å². The van der Waals surface area contributed by atoms with Crippen LogP contribution in [0, 0.1) is 0 Å². The van der Waals surface area contributed by atoms with Gasteiger partial charge in [-0.05, 0) is 7.05 Å². The number of aromatic nitrogens is 2. The van der Waals surface area contributed by atoms with Gasteiger partial charge < -0.3 is 5.32 Å². The van der Waals surface area contributed by atoms with E-state index in [1.165, 1.54) is 4.68 Å². The molecule has 0 aromatic carbocycles. The molecule has 2 N–H and O–H groups in total. The fourth-order valence-electron chi connectivity index (χ4n) is 0.830. The van der Waals surface area contributed by atoms with Crippen LogP contribution in [0.3, 0.4) is 0 Å². The van der Waals surface area contributed by atoms with Gasteiger partial charge in [0.2, 0.25) is 0 Å². The second kappa shape index (κ2) is 2.70. The molecule has 1 rings (SSSR count). The summed E-state index contributed by atoms with van der Waals surface area (Å²) in [4.78, 5) is 10.8. The molecule has 0 saturated heterocycles. The van der Waals surface area contributed by atoms with Crippen LogP contribution >= 0.6 is 0 Å². The lowest BCUT2D eigenvalue weighted by Gasteiger charge is -1.92. The van der Waals surface area contributed by atoms with Gasteiger partial charge in [-0.1, -0.05) is 0 Å². The summed E-state index contributed by atoms with van der Waals surface area (Å²) in [5, 5.41) is 5.83. The number of aryl methyl sites for hydroxylation is 1. The van der Waals surface area contributed by atoms with E-state index in [9.17, 15) is 4.79 Å². The van der Waals surface area contributed by atoms with Gasteiger partial charge >= 0.3 is 0 Å². The maximum absolute atomic E-state index is 10.8. The molecule has 0 radical (unpaired) electrons. The highest BCUT2D eigenvalue weighted by Crippen LogP contribution is 1.85. The van der Waals surface area contributed by atoms with E-state index in [1.54, 1.807) is 13.1 Å². The monoisotopic (exact) mass is 141 g/mol. The Balaban J connectivity index is 2.88. The third-order valence-corrected chi connectivity index (χ3v) is 1.31. The molecule has 0 aliphatic rings. The lowest BCUT2D eigenvalue weighted by molar-refractivity contribution is 0.698. The van der Waals surface area contributed by atoms with Crippen LogP contribution in [0.5, 0.6) is 0 Å². The summed E-state index contributed by atoms with van der Waals surface area (Å²) in [6.45, 7) is 0.704. The first-order chi connectivity index (χ1) is 4.74. The molecule has 1 aromatic rings. The molecule has 0 aliphatic heterocycles. The predicted octanol–water partition coefficient (Wildman–Crippen LogP) is -0.567. The van der Waals surface area contributed by atoms with Gasteiger partial charge in [0.1, 0.15) is 0 Å². The van der Waals surface area contributed by atoms with Crippen molar-refractivity contribution in [2.75, 3.05) is 7.05 Å². The highest BCUT2D eigenvalue weighted by molar-refractivity contribution is 4.98. The Morgan fingerprint density at radius 3 is 2.90 bits per heavy atom. The van der Waals surface area contributed by atoms with Crippen molar-refractivity contribution in [1.82, 2.24) is 15.1 Å². The van der Waals surface area contributed by atoms with Crippen LogP contribution in [0.4, 0.5) is 0 Å². The summed E-state index contributed by atoms with van der Waals surface area (Å²) in [7, 11) is 3.53. The molecule has 56 valence electrons. The molecule has 1 aromatic heterocycles. The van der Waals surface area contributed by atoms with Crippen molar-refractivity contribution in [3.8, 4) is 0 Å². The minimum Gasteiger partial charge on any atom is -0.314 e. The van der Waals surface area contributed by atoms with E-state index < -0.39 is 0 Å². The van der Waals surface area contributed by atoms with Gasteiger partial charge in [-0.15, -0.1) is 0 Å². The number of H-pyrrole nitrogens is 1. The topological polar surface area (TPSA) is 49.8 Å². The Hall–Kier alpha value is -1.03. The largest absolute Gasteiger partial charge is 0.314 e. The van der Waals surface area contributed by atoms with E-state index in [-0.39, 0.29) is 5.56 Å². The molecule has 4 nitrogen and oxygen atoms in total. The maximum Gasteiger partial charge on any atom is 0.266 e. The summed E-state index contributed by atoms with van der Waals surface area (Å²) in [6, 6.07) is 1.58. The Morgan fingerprint density at radius 1 is 1.80 bits per heavy atom. The first-order valence-electron chi connectivity index (χ1n) is 3.13. The Labute approximate surface area is 58.8 Å². The minimum atomic E-state index is 0.00486. The van der Waals surface area contributed by atoms with E-state index in [4.69, 9.17) is 0 Å². The summed E-state index contributed by atoms with van der Waals surface area (Å²) in [5.74, 6) is 0. The number of nitrogens with one attached hydrogen (secondary N) is 2. The van der Waals surface area contributed by atoms with E-state index in [0.717, 1.165) is 5.69 Å². The number of hydrogen-bond donors (Lipinski definition) is 2. The number of hydrogen-bond acceptors (Lipinski definition) is 2. The summed E-state index contributed by atoms with van der Waals surface area (Å²) in [5.41, 5.74) is 0.917. The fraction of sp³-hybridized carbons (Fsp3) is 0.500. The van der Waals surface area contributed by atoms with Gasteiger partial charge in [0.05, 0.1) is 5.69 Å². The maximum atomic E-state index is 10.8. The van der Waals surface area contributed by atoms with Gasteiger partial charge in [0.25, 0.3) is 5.56 Å². The van der Waals surface area contributed by atoms with Crippen LogP contribution in [0.2, 0.25) is 0 Å². The van der Waals surface area contributed by atoms with Gasteiger partial charge in [-0.2, -0.15) is 0 Å². The van der Waals surface area contributed by atoms with Crippen LogP contribution < -0.4 is 10.9 Å². The van der Waals surface area contributed by atoms with Gasteiger partial charge in [-0.25, -0.2) is 0 Å². The molecule has 0 saturated carbocycles. The second-order valence-electron chi connectivity index (χ2n) is 2.21. The van der Waals surface area contributed by atoms with E-state index in [1.807, 2.05) is 7.05 Å². The smallest absolute Gasteiger partial charge is 0.266 e. The predicted molar refractivity (Wildman–Crippen MR) is 38.8 cm³/mol. The first kappa shape index (κ1) is 7.08. The molecule has 4 heteroatoms. The van der Waals surface area contributed by atoms with Crippen molar-refractivity contribution in [3.05, 3.63) is 22.1 Å². The zero-order chi connectivity index (χ0) is 7.56. The van der Waals surface area contributed by atoms with Crippen molar-refractivity contribution < 1.29 is 0 Å². The molecule has 0 unspecified atom stereocenters. The van der Waals surface area contributed by atoms with Crippen molar-refractivity contribution in [3.63, 3.8) is 0 Å². The summed E-state index contributed by atoms with van der Waals surface area (Å²) >= 11 is 0. The van der Waals surface area contributed by atoms with E-state index in [2.05, 4.69) is 10.4 Å². The zero-order valence-electron chi connectivity index (χ0n) is 6.14. The average Bonchev–Trinajstić information content (AvgIpc) is 2.14. The second-order valence-corrected chi connectivity index (χ2v) is 2.21. The third kappa shape index (κ3) is 1.27. The zero-order valence-corrected chi connectivity index (χ0v) is 6.14. The van der Waals surface area contributed by atoms with Crippen LogP contribution in [0.1, 0.15) is 5.69 Å². The summed E-state index contributed by atoms with van der Waals surface area (Å²) < 4.78 is 1.45. The average molecular weight is 141 g/mol. The molecule has 0 bridgehead atoms. The number of nitrogens with zero attached hydrogens (tertiary/aromatic N) is 1. The lowest BCUT2D eigenvalue weighted by atomic mass is 10.4. The molecular formula is C6H11N3O. The molecule has 0 aliphatic carbocycles. The molecule has 10 heavy (non-hydrogen) atoms. The van der Waals surface area contributed by atoms with Crippen molar-refractivity contribution >= 4 is 0 Å². The highest BCUT2D eigenvalue weighted by Gasteiger charge is 1.95. The third-order valence-electron chi connectivity index (χ3n) is 1.31. The van der Waals surface area contributed by atoms with Gasteiger partial charge in [0, 0.05) is 19.7 Å². The normalized spacial score (nSPS) is 10.2. The van der Waals surface area contributed by atoms with Gasteiger partial charge in [0.15, 0.2) is 0 Å². The Morgan fingerprint density at radius 2 is 2.50 bits per heavy atom. The molecule has 0 amide bonds. The molecule has 0 atom stereocenters. The molecule has 1 heterocycles. The molecular weight excluding hydrogens is 130 g/mol. The van der Waals surface area contributed by atoms with E-state index in [0.29, 0.717) is 6.54 Å². The first-order valence-corrected chi connectivity index (χ1v) is 3.13. The van der Waals surface area contributed by atoms with Crippen molar-refractivity contribution in [2.24, 2.45) is 7.05 Å². The lowest BCUT2D eigenvalue weighted by Crippen LogP contribution is -2.10. The minimum absolute atomic E-state index is 0.00486. The van der Waals surface area contributed by atoms with E-state index >= 15 is 0 Å². The summed E-state index contributed by atoms with van der Waals surface area (Å²) in [6.07, 6.45) is 0. The quantitative estimate of drug-likeness (QED) is 0.579. The standard InChI is InChI=1S/C6H11N3O/c1-7-4-5-3-6(10)9(2)8-5/h3,7-8H,4H2,1-2H3. The van der Waals surface area contributed by atoms with Crippen molar-refractivity contribution in [1.29, 1.82) is 0 Å². The molecule has 0 spiro atoms. The Bertz CT molecular complexity index is 260. The van der Waals surface area contributed by atoms with Crippen LogP contribution in [0.15, 0.2) is 10.9 Å². The Kier molecular flexibility index (Phi) is 1.91. The molecule has 0 fully saturated rings. The van der Waals surface area contributed by atoms with Crippen molar-refractivity contribution in [2.45, 2.75) is 6.54 Å². The van der Waals surface area contributed by atoms with Gasteiger partial charge in [-0.3, -0.25) is 14.6 Å². The number of rotatable bonds is 2. The SMILES string of the molecule is CNCc1cc(=O)n(C)[nH]1. The highest BCUT2D eigenvalue weighted by atomic mass is 16.1. The fourth-order valence-corrected chi connectivity index (χ4v) is 0.830. The van der Waals surface area contributed by atoms with Crippen LogP contribution in [-0.4, -0.2) is 16.8 Å². The number of aromatic amines is 1.